The predicted octanol–water partition coefficient (Wildman–Crippen LogP) is 3.45. The molecule has 2 aromatic rings. The lowest BCUT2D eigenvalue weighted by molar-refractivity contribution is 0.193. The zero-order valence-electron chi connectivity index (χ0n) is 15.6. The number of benzene rings is 2. The molecule has 2 amide bonds. The zero-order valence-corrected chi connectivity index (χ0v) is 16.4. The highest BCUT2D eigenvalue weighted by Gasteiger charge is 2.39. The monoisotopic (exact) mass is 397 g/mol. The molecule has 0 aromatic heterocycles. The van der Waals surface area contributed by atoms with E-state index in [-0.39, 0.29) is 23.0 Å². The molecule has 2 atom stereocenters. The Morgan fingerprint density at radius 1 is 1.04 bits per heavy atom. The van der Waals surface area contributed by atoms with Crippen molar-refractivity contribution in [1.29, 1.82) is 0 Å². The van der Waals surface area contributed by atoms with Gasteiger partial charge in [-0.3, -0.25) is 0 Å². The number of nitrogens with one attached hydrogen (secondary N) is 2. The second kappa shape index (κ2) is 7.41. The van der Waals surface area contributed by atoms with E-state index in [2.05, 4.69) is 28.2 Å². The SMILES string of the molecule is CNS(=O)(=O)c1ccc(NC(=O)N2C3C=C(c4ccccc4)CC2CC3)cc1. The van der Waals surface area contributed by atoms with Crippen LogP contribution in [0.2, 0.25) is 0 Å². The Morgan fingerprint density at radius 2 is 1.75 bits per heavy atom. The summed E-state index contributed by atoms with van der Waals surface area (Å²) in [5.41, 5.74) is 3.11. The third-order valence-electron chi connectivity index (χ3n) is 5.46. The van der Waals surface area contributed by atoms with E-state index in [0.29, 0.717) is 5.69 Å². The smallest absolute Gasteiger partial charge is 0.315 e. The van der Waals surface area contributed by atoms with Crippen molar-refractivity contribution in [3.8, 4) is 0 Å². The van der Waals surface area contributed by atoms with Crippen molar-refractivity contribution in [1.82, 2.24) is 9.62 Å². The maximum Gasteiger partial charge on any atom is 0.322 e. The number of nitrogens with zero attached hydrogens (tertiary/aromatic N) is 1. The Hall–Kier alpha value is -2.64. The van der Waals surface area contributed by atoms with Crippen molar-refractivity contribution in [2.24, 2.45) is 0 Å². The molecular weight excluding hydrogens is 374 g/mol. The first-order valence-corrected chi connectivity index (χ1v) is 10.9. The molecule has 0 spiro atoms. The minimum Gasteiger partial charge on any atom is -0.315 e. The molecule has 4 rings (SSSR count). The van der Waals surface area contributed by atoms with Gasteiger partial charge in [0, 0.05) is 11.7 Å². The second-order valence-corrected chi connectivity index (χ2v) is 9.02. The molecule has 1 saturated heterocycles. The van der Waals surface area contributed by atoms with Gasteiger partial charge in [-0.15, -0.1) is 0 Å². The van der Waals surface area contributed by atoms with E-state index in [4.69, 9.17) is 0 Å². The number of urea groups is 1. The van der Waals surface area contributed by atoms with Gasteiger partial charge in [-0.05, 0) is 61.7 Å². The highest BCUT2D eigenvalue weighted by Crippen LogP contribution is 2.38. The van der Waals surface area contributed by atoms with Gasteiger partial charge in [0.15, 0.2) is 0 Å². The number of hydrogen-bond acceptors (Lipinski definition) is 3. The van der Waals surface area contributed by atoms with Crippen LogP contribution in [0.1, 0.15) is 24.8 Å². The minimum absolute atomic E-state index is 0.0953. The topological polar surface area (TPSA) is 78.5 Å². The second-order valence-electron chi connectivity index (χ2n) is 7.13. The lowest BCUT2D eigenvalue weighted by Gasteiger charge is -2.34. The maximum atomic E-state index is 12.9. The molecule has 2 bridgehead atoms. The van der Waals surface area contributed by atoms with Gasteiger partial charge in [-0.1, -0.05) is 36.4 Å². The minimum atomic E-state index is -3.48. The third-order valence-corrected chi connectivity index (χ3v) is 6.89. The predicted molar refractivity (Wildman–Crippen MR) is 109 cm³/mol. The van der Waals surface area contributed by atoms with Gasteiger partial charge in [-0.25, -0.2) is 17.9 Å². The Balaban J connectivity index is 1.48. The molecule has 0 aliphatic carbocycles. The highest BCUT2D eigenvalue weighted by molar-refractivity contribution is 7.89. The van der Waals surface area contributed by atoms with Crippen LogP contribution in [0.25, 0.3) is 5.57 Å². The first-order valence-electron chi connectivity index (χ1n) is 9.37. The summed E-state index contributed by atoms with van der Waals surface area (Å²) in [6, 6.07) is 16.6. The summed E-state index contributed by atoms with van der Waals surface area (Å²) in [5, 5.41) is 2.91. The highest BCUT2D eigenvalue weighted by atomic mass is 32.2. The summed E-state index contributed by atoms with van der Waals surface area (Å²) < 4.78 is 25.9. The first-order chi connectivity index (χ1) is 13.5. The Kier molecular flexibility index (Phi) is 4.95. The summed E-state index contributed by atoms with van der Waals surface area (Å²) in [6.45, 7) is 0. The molecule has 1 fully saturated rings. The van der Waals surface area contributed by atoms with Crippen molar-refractivity contribution < 1.29 is 13.2 Å². The van der Waals surface area contributed by atoms with E-state index in [9.17, 15) is 13.2 Å². The third kappa shape index (κ3) is 3.55. The summed E-state index contributed by atoms with van der Waals surface area (Å²) in [4.78, 5) is 15.0. The van der Waals surface area contributed by atoms with Gasteiger partial charge in [0.05, 0.1) is 10.9 Å². The molecule has 0 radical (unpaired) electrons. The van der Waals surface area contributed by atoms with Crippen molar-refractivity contribution in [3.05, 3.63) is 66.2 Å². The molecule has 2 N–H and O–H groups in total. The van der Waals surface area contributed by atoms with E-state index in [1.807, 2.05) is 23.1 Å². The van der Waals surface area contributed by atoms with Gasteiger partial charge in [0.1, 0.15) is 0 Å². The van der Waals surface area contributed by atoms with Crippen LogP contribution in [0.5, 0.6) is 0 Å². The number of hydrogen-bond donors (Lipinski definition) is 2. The van der Waals surface area contributed by atoms with Crippen molar-refractivity contribution >= 4 is 27.3 Å². The average molecular weight is 398 g/mol. The molecule has 2 aromatic carbocycles. The Morgan fingerprint density at radius 3 is 2.39 bits per heavy atom. The fourth-order valence-electron chi connectivity index (χ4n) is 4.04. The van der Waals surface area contributed by atoms with E-state index < -0.39 is 10.0 Å². The molecule has 146 valence electrons. The van der Waals surface area contributed by atoms with Crippen LogP contribution in [0.4, 0.5) is 10.5 Å². The van der Waals surface area contributed by atoms with E-state index in [1.165, 1.54) is 30.3 Å². The van der Waals surface area contributed by atoms with E-state index >= 15 is 0 Å². The Labute approximate surface area is 165 Å². The van der Waals surface area contributed by atoms with Crippen LogP contribution < -0.4 is 10.0 Å². The van der Waals surface area contributed by atoms with Crippen LogP contribution in [-0.2, 0) is 10.0 Å². The summed E-state index contributed by atoms with van der Waals surface area (Å²) >= 11 is 0. The molecule has 28 heavy (non-hydrogen) atoms. The molecule has 0 saturated carbocycles. The molecule has 2 unspecified atom stereocenters. The number of sulfonamides is 1. The number of anilines is 1. The fourth-order valence-corrected chi connectivity index (χ4v) is 4.77. The molecule has 7 heteroatoms. The summed E-state index contributed by atoms with van der Waals surface area (Å²) in [6.07, 6.45) is 5.02. The molecule has 6 nitrogen and oxygen atoms in total. The number of rotatable bonds is 4. The van der Waals surface area contributed by atoms with Gasteiger partial charge in [0.2, 0.25) is 10.0 Å². The lowest BCUT2D eigenvalue weighted by atomic mass is 9.95. The lowest BCUT2D eigenvalue weighted by Crippen LogP contribution is -2.45. The molecule has 2 heterocycles. The van der Waals surface area contributed by atoms with E-state index in [1.54, 1.807) is 12.1 Å². The first kappa shape index (κ1) is 18.7. The van der Waals surface area contributed by atoms with Crippen molar-refractivity contribution in [2.45, 2.75) is 36.2 Å². The van der Waals surface area contributed by atoms with Gasteiger partial charge in [-0.2, -0.15) is 0 Å². The van der Waals surface area contributed by atoms with Gasteiger partial charge >= 0.3 is 6.03 Å². The van der Waals surface area contributed by atoms with Crippen molar-refractivity contribution in [3.63, 3.8) is 0 Å². The molecule has 2 aliphatic rings. The maximum absolute atomic E-state index is 12.9. The van der Waals surface area contributed by atoms with Gasteiger partial charge in [0.25, 0.3) is 0 Å². The Bertz CT molecular complexity index is 1000. The standard InChI is InChI=1S/C21H23N3O3S/c1-22-28(26,27)20-11-7-17(8-12-20)23-21(25)24-18-9-10-19(24)14-16(13-18)15-5-3-2-4-6-15/h2-8,11-13,18-19,22H,9-10,14H2,1H3,(H,23,25). The largest absolute Gasteiger partial charge is 0.322 e. The number of fused-ring (bicyclic) bond motifs is 2. The fraction of sp³-hybridized carbons (Fsp3) is 0.286. The van der Waals surface area contributed by atoms with Crippen LogP contribution in [0.3, 0.4) is 0 Å². The average Bonchev–Trinajstić information content (AvgIpc) is 2.99. The van der Waals surface area contributed by atoms with Crippen LogP contribution in [0, 0.1) is 0 Å². The number of carbonyl (C=O) groups excluding carboxylic acids is 1. The van der Waals surface area contributed by atoms with Crippen LogP contribution in [-0.4, -0.2) is 38.5 Å². The van der Waals surface area contributed by atoms with Crippen molar-refractivity contribution in [2.75, 3.05) is 12.4 Å². The quantitative estimate of drug-likeness (QED) is 0.829. The number of amides is 2. The number of carbonyl (C=O) groups is 1. The van der Waals surface area contributed by atoms with Crippen LogP contribution >= 0.6 is 0 Å². The summed E-state index contributed by atoms with van der Waals surface area (Å²) in [7, 11) is -2.12. The molecular formula is C21H23N3O3S. The van der Waals surface area contributed by atoms with Gasteiger partial charge < -0.3 is 10.2 Å². The summed E-state index contributed by atoms with van der Waals surface area (Å²) in [5.74, 6) is 0. The van der Waals surface area contributed by atoms with E-state index in [0.717, 1.165) is 19.3 Å². The zero-order chi connectivity index (χ0) is 19.7. The molecule has 2 aliphatic heterocycles. The normalized spacial score (nSPS) is 21.3. The van der Waals surface area contributed by atoms with Crippen LogP contribution in [0.15, 0.2) is 65.6 Å².